The molecule has 4 rings (SSSR count). The van der Waals surface area contributed by atoms with Crippen LogP contribution in [0.4, 0.5) is 10.1 Å². The topological polar surface area (TPSA) is 40.6 Å². The second-order valence-corrected chi connectivity index (χ2v) is 7.84. The Hall–Kier alpha value is -3.47. The number of benzene rings is 3. The van der Waals surface area contributed by atoms with E-state index in [0.717, 1.165) is 24.1 Å². The standard InChI is InChI=1S/C26H25FN2O2/c27-23-15-13-21(14-16-23)25(30)28-17-7-10-22(19-28)26(31)29(24-11-5-2-6-12-24)18-20-8-3-1-4-9-20/h1-6,8-9,11-16,22H,7,10,17-19H2/t22-/m1/s1. The van der Waals surface area contributed by atoms with Gasteiger partial charge in [0, 0.05) is 24.3 Å². The normalized spacial score (nSPS) is 16.0. The van der Waals surface area contributed by atoms with Gasteiger partial charge in [-0.2, -0.15) is 0 Å². The van der Waals surface area contributed by atoms with Crippen LogP contribution in [0.5, 0.6) is 0 Å². The van der Waals surface area contributed by atoms with Gasteiger partial charge in [0.25, 0.3) is 5.91 Å². The average molecular weight is 416 g/mol. The minimum Gasteiger partial charge on any atom is -0.338 e. The zero-order valence-electron chi connectivity index (χ0n) is 17.3. The maximum atomic E-state index is 13.6. The van der Waals surface area contributed by atoms with Crippen LogP contribution in [0.2, 0.25) is 0 Å². The fourth-order valence-electron chi connectivity index (χ4n) is 4.03. The van der Waals surface area contributed by atoms with E-state index < -0.39 is 0 Å². The molecule has 0 saturated carbocycles. The maximum absolute atomic E-state index is 13.6. The van der Waals surface area contributed by atoms with Crippen LogP contribution in [0.1, 0.15) is 28.8 Å². The molecule has 0 spiro atoms. The quantitative estimate of drug-likeness (QED) is 0.593. The Kier molecular flexibility index (Phi) is 6.41. The first-order valence-corrected chi connectivity index (χ1v) is 10.6. The van der Waals surface area contributed by atoms with Crippen molar-refractivity contribution in [1.29, 1.82) is 0 Å². The predicted octanol–water partition coefficient (Wildman–Crippen LogP) is 4.91. The number of likely N-dealkylation sites (tertiary alicyclic amines) is 1. The van der Waals surface area contributed by atoms with Crippen molar-refractivity contribution in [3.8, 4) is 0 Å². The second kappa shape index (κ2) is 9.56. The molecule has 0 aromatic heterocycles. The van der Waals surface area contributed by atoms with Gasteiger partial charge < -0.3 is 9.80 Å². The van der Waals surface area contributed by atoms with Gasteiger partial charge in [0.15, 0.2) is 0 Å². The molecule has 0 unspecified atom stereocenters. The number of carbonyl (C=O) groups excluding carboxylic acids is 2. The van der Waals surface area contributed by atoms with Crippen molar-refractivity contribution in [2.45, 2.75) is 19.4 Å². The average Bonchev–Trinajstić information content (AvgIpc) is 2.83. The summed E-state index contributed by atoms with van der Waals surface area (Å²) in [5.41, 5.74) is 2.34. The lowest BCUT2D eigenvalue weighted by atomic mass is 9.95. The summed E-state index contributed by atoms with van der Waals surface area (Å²) in [5.74, 6) is -0.789. The summed E-state index contributed by atoms with van der Waals surface area (Å²) in [6, 6.07) is 25.1. The molecule has 2 amide bonds. The van der Waals surface area contributed by atoms with Crippen LogP contribution in [0, 0.1) is 11.7 Å². The molecule has 1 heterocycles. The number of carbonyl (C=O) groups is 2. The third-order valence-electron chi connectivity index (χ3n) is 5.67. The highest BCUT2D eigenvalue weighted by atomic mass is 19.1. The van der Waals surface area contributed by atoms with E-state index in [0.29, 0.717) is 25.2 Å². The molecule has 31 heavy (non-hydrogen) atoms. The molecule has 3 aromatic carbocycles. The van der Waals surface area contributed by atoms with Gasteiger partial charge in [-0.1, -0.05) is 48.5 Å². The Morgan fingerprint density at radius 2 is 1.55 bits per heavy atom. The predicted molar refractivity (Wildman–Crippen MR) is 119 cm³/mol. The molecule has 0 N–H and O–H groups in total. The molecule has 1 fully saturated rings. The number of anilines is 1. The van der Waals surface area contributed by atoms with Gasteiger partial charge in [0.05, 0.1) is 12.5 Å². The molecule has 3 aromatic rings. The minimum absolute atomic E-state index is 0.0201. The smallest absolute Gasteiger partial charge is 0.253 e. The summed E-state index contributed by atoms with van der Waals surface area (Å²) in [6.07, 6.45) is 1.50. The lowest BCUT2D eigenvalue weighted by Gasteiger charge is -2.35. The van der Waals surface area contributed by atoms with E-state index in [1.54, 1.807) is 4.90 Å². The van der Waals surface area contributed by atoms with Crippen LogP contribution in [0.25, 0.3) is 0 Å². The molecule has 1 atom stereocenters. The molecule has 0 radical (unpaired) electrons. The zero-order chi connectivity index (χ0) is 21.6. The first kappa shape index (κ1) is 20.8. The summed E-state index contributed by atoms with van der Waals surface area (Å²) in [7, 11) is 0. The van der Waals surface area contributed by atoms with E-state index in [1.165, 1.54) is 24.3 Å². The first-order valence-electron chi connectivity index (χ1n) is 10.6. The van der Waals surface area contributed by atoms with Crippen molar-refractivity contribution >= 4 is 17.5 Å². The molecule has 158 valence electrons. The number of hydrogen-bond acceptors (Lipinski definition) is 2. The molecule has 1 aliphatic heterocycles. The van der Waals surface area contributed by atoms with E-state index in [1.807, 2.05) is 65.6 Å². The summed E-state index contributed by atoms with van der Waals surface area (Å²) in [4.78, 5) is 30.0. The highest BCUT2D eigenvalue weighted by Crippen LogP contribution is 2.25. The van der Waals surface area contributed by atoms with Crippen LogP contribution >= 0.6 is 0 Å². The maximum Gasteiger partial charge on any atom is 0.253 e. The van der Waals surface area contributed by atoms with Crippen molar-refractivity contribution in [2.75, 3.05) is 18.0 Å². The number of amides is 2. The van der Waals surface area contributed by atoms with E-state index >= 15 is 0 Å². The Morgan fingerprint density at radius 3 is 2.23 bits per heavy atom. The number of piperidine rings is 1. The van der Waals surface area contributed by atoms with Gasteiger partial charge in [-0.05, 0) is 54.8 Å². The van der Waals surface area contributed by atoms with Crippen LogP contribution in [0.3, 0.4) is 0 Å². The van der Waals surface area contributed by atoms with Crippen molar-refractivity contribution in [3.05, 3.63) is 102 Å². The number of rotatable bonds is 5. The monoisotopic (exact) mass is 416 g/mol. The zero-order valence-corrected chi connectivity index (χ0v) is 17.3. The highest BCUT2D eigenvalue weighted by molar-refractivity contribution is 5.97. The molecular weight excluding hydrogens is 391 g/mol. The van der Waals surface area contributed by atoms with Crippen molar-refractivity contribution < 1.29 is 14.0 Å². The molecule has 1 saturated heterocycles. The van der Waals surface area contributed by atoms with Crippen molar-refractivity contribution in [3.63, 3.8) is 0 Å². The highest BCUT2D eigenvalue weighted by Gasteiger charge is 2.32. The molecular formula is C26H25FN2O2. The number of nitrogens with zero attached hydrogens (tertiary/aromatic N) is 2. The van der Waals surface area contributed by atoms with Crippen LogP contribution in [-0.2, 0) is 11.3 Å². The number of para-hydroxylation sites is 1. The fourth-order valence-corrected chi connectivity index (χ4v) is 4.03. The fraction of sp³-hybridized carbons (Fsp3) is 0.231. The summed E-state index contributed by atoms with van der Waals surface area (Å²) >= 11 is 0. The molecule has 0 bridgehead atoms. The Bertz CT molecular complexity index is 1020. The van der Waals surface area contributed by atoms with E-state index in [-0.39, 0.29) is 23.5 Å². The van der Waals surface area contributed by atoms with Gasteiger partial charge in [0.1, 0.15) is 5.82 Å². The van der Waals surface area contributed by atoms with E-state index in [9.17, 15) is 14.0 Å². The lowest BCUT2D eigenvalue weighted by molar-refractivity contribution is -0.123. The Labute approximate surface area is 181 Å². The van der Waals surface area contributed by atoms with Gasteiger partial charge >= 0.3 is 0 Å². The largest absolute Gasteiger partial charge is 0.338 e. The first-order chi connectivity index (χ1) is 15.1. The van der Waals surface area contributed by atoms with E-state index in [2.05, 4.69) is 0 Å². The van der Waals surface area contributed by atoms with Crippen molar-refractivity contribution in [2.24, 2.45) is 5.92 Å². The van der Waals surface area contributed by atoms with Crippen LogP contribution in [0.15, 0.2) is 84.9 Å². The summed E-state index contributed by atoms with van der Waals surface area (Å²) in [5, 5.41) is 0. The molecule has 4 nitrogen and oxygen atoms in total. The molecule has 5 heteroatoms. The SMILES string of the molecule is O=C(c1ccc(F)cc1)N1CCC[C@@H](C(=O)N(Cc2ccccc2)c2ccccc2)C1. The third-order valence-corrected chi connectivity index (χ3v) is 5.67. The number of hydrogen-bond donors (Lipinski definition) is 0. The molecule has 0 aliphatic carbocycles. The third kappa shape index (κ3) is 5.00. The second-order valence-electron chi connectivity index (χ2n) is 7.84. The van der Waals surface area contributed by atoms with Gasteiger partial charge in [-0.3, -0.25) is 9.59 Å². The molecule has 1 aliphatic rings. The Balaban J connectivity index is 1.53. The van der Waals surface area contributed by atoms with E-state index in [4.69, 9.17) is 0 Å². The lowest BCUT2D eigenvalue weighted by Crippen LogP contribution is -2.46. The van der Waals surface area contributed by atoms with Gasteiger partial charge in [-0.15, -0.1) is 0 Å². The Morgan fingerprint density at radius 1 is 0.903 bits per heavy atom. The van der Waals surface area contributed by atoms with Crippen LogP contribution in [-0.4, -0.2) is 29.8 Å². The van der Waals surface area contributed by atoms with Crippen LogP contribution < -0.4 is 4.90 Å². The summed E-state index contributed by atoms with van der Waals surface area (Å²) in [6.45, 7) is 1.45. The summed E-state index contributed by atoms with van der Waals surface area (Å²) < 4.78 is 13.2. The van der Waals surface area contributed by atoms with Gasteiger partial charge in [-0.25, -0.2) is 4.39 Å². The van der Waals surface area contributed by atoms with Crippen molar-refractivity contribution in [1.82, 2.24) is 4.90 Å². The van der Waals surface area contributed by atoms with Gasteiger partial charge in [0.2, 0.25) is 5.91 Å². The number of halogens is 1. The minimum atomic E-state index is -0.373.